The fourth-order valence-electron chi connectivity index (χ4n) is 5.46. The number of carbonyl (C=O) groups excluding carboxylic acids is 3. The summed E-state index contributed by atoms with van der Waals surface area (Å²) >= 11 is 0. The van der Waals surface area contributed by atoms with Crippen LogP contribution >= 0.6 is 0 Å². The van der Waals surface area contributed by atoms with Crippen molar-refractivity contribution in [2.75, 3.05) is 20.3 Å². The second-order valence-electron chi connectivity index (χ2n) is 8.62. The summed E-state index contributed by atoms with van der Waals surface area (Å²) in [6, 6.07) is 17.2. The number of rotatable bonds is 6. The van der Waals surface area contributed by atoms with E-state index in [-0.39, 0.29) is 37.6 Å². The van der Waals surface area contributed by atoms with Crippen LogP contribution in [0.1, 0.15) is 43.7 Å². The van der Waals surface area contributed by atoms with E-state index in [2.05, 4.69) is 0 Å². The minimum absolute atomic E-state index is 0.0667. The van der Waals surface area contributed by atoms with Gasteiger partial charge >= 0.3 is 5.97 Å². The number of amides is 1. The van der Waals surface area contributed by atoms with Crippen molar-refractivity contribution in [1.29, 1.82) is 0 Å². The summed E-state index contributed by atoms with van der Waals surface area (Å²) in [5.74, 6) is -0.0803. The molecule has 1 heterocycles. The van der Waals surface area contributed by atoms with Crippen molar-refractivity contribution in [2.24, 2.45) is 5.41 Å². The largest absolute Gasteiger partial charge is 0.497 e. The molecular formula is C26H29NO5. The summed E-state index contributed by atoms with van der Waals surface area (Å²) in [6.07, 6.45) is 0.995. The number of likely N-dealkylation sites (tertiary alicyclic amines) is 1. The van der Waals surface area contributed by atoms with Crippen molar-refractivity contribution in [2.45, 2.75) is 44.6 Å². The standard InChI is InChI=1S/C26H29NO5/c1-3-32-24(30)26-13-12-21(28)17-25(26,20-10-7-11-22(16-20)31-2)14-15-27(23(26)29)18-19-8-5-4-6-9-19/h4-11,16H,3,12-15,17-18H2,1-2H3/t25-,26-/m1/s1. The number of benzene rings is 2. The Kier molecular flexibility index (Phi) is 6.04. The predicted molar refractivity (Wildman–Crippen MR) is 119 cm³/mol. The zero-order valence-electron chi connectivity index (χ0n) is 18.6. The van der Waals surface area contributed by atoms with Gasteiger partial charge in [0.15, 0.2) is 5.41 Å². The van der Waals surface area contributed by atoms with Gasteiger partial charge in [-0.2, -0.15) is 0 Å². The van der Waals surface area contributed by atoms with Crippen molar-refractivity contribution in [1.82, 2.24) is 4.90 Å². The first kappa shape index (κ1) is 22.1. The van der Waals surface area contributed by atoms with E-state index in [4.69, 9.17) is 9.47 Å². The minimum Gasteiger partial charge on any atom is -0.497 e. The van der Waals surface area contributed by atoms with Gasteiger partial charge in [0.05, 0.1) is 13.7 Å². The molecule has 2 aliphatic rings. The van der Waals surface area contributed by atoms with Crippen LogP contribution in [0.15, 0.2) is 54.6 Å². The molecule has 6 nitrogen and oxygen atoms in total. The molecule has 2 fully saturated rings. The summed E-state index contributed by atoms with van der Waals surface area (Å²) in [4.78, 5) is 42.2. The number of hydrogen-bond donors (Lipinski definition) is 0. The first-order valence-electron chi connectivity index (χ1n) is 11.1. The Labute approximate surface area is 188 Å². The van der Waals surface area contributed by atoms with E-state index in [1.54, 1.807) is 18.9 Å². The summed E-state index contributed by atoms with van der Waals surface area (Å²) in [7, 11) is 1.58. The molecule has 0 aromatic heterocycles. The maximum absolute atomic E-state index is 14.1. The molecule has 1 saturated carbocycles. The zero-order chi connectivity index (χ0) is 22.8. The first-order valence-corrected chi connectivity index (χ1v) is 11.1. The molecule has 0 bridgehead atoms. The third-order valence-electron chi connectivity index (χ3n) is 7.02. The normalized spacial score (nSPS) is 25.2. The van der Waals surface area contributed by atoms with Crippen LogP contribution in [-0.2, 0) is 31.1 Å². The highest BCUT2D eigenvalue weighted by Gasteiger charge is 2.68. The summed E-state index contributed by atoms with van der Waals surface area (Å²) < 4.78 is 10.9. The quantitative estimate of drug-likeness (QED) is 0.511. The molecule has 1 aliphatic carbocycles. The number of methoxy groups -OCH3 is 1. The second kappa shape index (κ2) is 8.77. The van der Waals surface area contributed by atoms with Gasteiger partial charge in [-0.25, -0.2) is 0 Å². The number of fused-ring (bicyclic) bond motifs is 1. The highest BCUT2D eigenvalue weighted by atomic mass is 16.5. The number of esters is 1. The Balaban J connectivity index is 1.85. The van der Waals surface area contributed by atoms with E-state index in [1.807, 2.05) is 54.6 Å². The maximum Gasteiger partial charge on any atom is 0.322 e. The average molecular weight is 436 g/mol. The lowest BCUT2D eigenvalue weighted by Crippen LogP contribution is -2.67. The van der Waals surface area contributed by atoms with Gasteiger partial charge in [-0.05, 0) is 43.0 Å². The molecule has 2 aromatic carbocycles. The molecule has 0 N–H and O–H groups in total. The highest BCUT2D eigenvalue weighted by molar-refractivity contribution is 6.07. The van der Waals surface area contributed by atoms with Crippen LogP contribution in [0.3, 0.4) is 0 Å². The van der Waals surface area contributed by atoms with Crippen LogP contribution in [0.2, 0.25) is 0 Å². The number of nitrogens with zero attached hydrogens (tertiary/aromatic N) is 1. The van der Waals surface area contributed by atoms with Crippen LogP contribution in [-0.4, -0.2) is 42.8 Å². The fourth-order valence-corrected chi connectivity index (χ4v) is 5.46. The molecule has 168 valence electrons. The van der Waals surface area contributed by atoms with Crippen molar-refractivity contribution >= 4 is 17.7 Å². The van der Waals surface area contributed by atoms with Crippen molar-refractivity contribution in [3.8, 4) is 5.75 Å². The number of hydrogen-bond acceptors (Lipinski definition) is 5. The van der Waals surface area contributed by atoms with Crippen molar-refractivity contribution in [3.63, 3.8) is 0 Å². The third kappa shape index (κ3) is 3.48. The first-order chi connectivity index (χ1) is 15.5. The van der Waals surface area contributed by atoms with Gasteiger partial charge in [0, 0.05) is 31.3 Å². The Bertz CT molecular complexity index is 1020. The smallest absolute Gasteiger partial charge is 0.322 e. The zero-order valence-corrected chi connectivity index (χ0v) is 18.6. The van der Waals surface area contributed by atoms with Gasteiger partial charge in [0.25, 0.3) is 0 Å². The summed E-state index contributed by atoms with van der Waals surface area (Å²) in [6.45, 7) is 2.79. The van der Waals surface area contributed by atoms with Crippen LogP contribution < -0.4 is 4.74 Å². The lowest BCUT2D eigenvalue weighted by molar-refractivity contribution is -0.181. The molecule has 0 radical (unpaired) electrons. The Morgan fingerprint density at radius 1 is 1.06 bits per heavy atom. The molecule has 1 amide bonds. The van der Waals surface area contributed by atoms with Crippen LogP contribution in [0.5, 0.6) is 5.75 Å². The molecule has 1 aliphatic heterocycles. The summed E-state index contributed by atoms with van der Waals surface area (Å²) in [5.41, 5.74) is -0.602. The molecule has 1 saturated heterocycles. The number of ketones is 1. The van der Waals surface area contributed by atoms with Gasteiger partial charge in [-0.15, -0.1) is 0 Å². The van der Waals surface area contributed by atoms with E-state index in [1.165, 1.54) is 0 Å². The molecule has 0 spiro atoms. The minimum atomic E-state index is -1.43. The van der Waals surface area contributed by atoms with Gasteiger partial charge in [-0.1, -0.05) is 42.5 Å². The molecule has 0 unspecified atom stereocenters. The number of piperidine rings is 1. The average Bonchev–Trinajstić information content (AvgIpc) is 2.82. The Hall–Kier alpha value is -3.15. The molecular weight excluding hydrogens is 406 g/mol. The second-order valence-corrected chi connectivity index (χ2v) is 8.62. The highest BCUT2D eigenvalue weighted by Crippen LogP contribution is 2.57. The Morgan fingerprint density at radius 2 is 1.84 bits per heavy atom. The van der Waals surface area contributed by atoms with Crippen molar-refractivity contribution < 1.29 is 23.9 Å². The lowest BCUT2D eigenvalue weighted by atomic mass is 9.49. The van der Waals surface area contributed by atoms with Gasteiger partial charge in [0.2, 0.25) is 5.91 Å². The maximum atomic E-state index is 14.1. The molecule has 6 heteroatoms. The molecule has 32 heavy (non-hydrogen) atoms. The van der Waals surface area contributed by atoms with Crippen LogP contribution in [0, 0.1) is 5.41 Å². The van der Waals surface area contributed by atoms with Gasteiger partial charge in [0.1, 0.15) is 11.5 Å². The molecule has 2 aromatic rings. The number of ether oxygens (including phenoxy) is 2. The van der Waals surface area contributed by atoms with E-state index in [0.717, 1.165) is 11.1 Å². The van der Waals surface area contributed by atoms with Crippen LogP contribution in [0.4, 0.5) is 0 Å². The van der Waals surface area contributed by atoms with Gasteiger partial charge < -0.3 is 14.4 Å². The third-order valence-corrected chi connectivity index (χ3v) is 7.02. The van der Waals surface area contributed by atoms with E-state index in [0.29, 0.717) is 25.3 Å². The van der Waals surface area contributed by atoms with E-state index >= 15 is 0 Å². The van der Waals surface area contributed by atoms with Crippen molar-refractivity contribution in [3.05, 3.63) is 65.7 Å². The van der Waals surface area contributed by atoms with Gasteiger partial charge in [-0.3, -0.25) is 14.4 Å². The Morgan fingerprint density at radius 3 is 2.56 bits per heavy atom. The monoisotopic (exact) mass is 435 g/mol. The fraction of sp³-hybridized carbons (Fsp3) is 0.423. The molecule has 2 atom stereocenters. The molecule has 4 rings (SSSR count). The SMILES string of the molecule is CCOC(=O)[C@]12CCC(=O)C[C@@]1(c1cccc(OC)c1)CCN(Cc1ccccc1)C2=O. The van der Waals surface area contributed by atoms with E-state index in [9.17, 15) is 14.4 Å². The topological polar surface area (TPSA) is 72.9 Å². The summed E-state index contributed by atoms with van der Waals surface area (Å²) in [5, 5.41) is 0. The number of Topliss-reactive ketones (excluding diaryl/α,β-unsaturated/α-hetero) is 1. The predicted octanol–water partition coefficient (Wildman–Crippen LogP) is 3.67. The lowest BCUT2D eigenvalue weighted by Gasteiger charge is -2.55. The van der Waals surface area contributed by atoms with E-state index < -0.39 is 16.8 Å². The number of carbonyl (C=O) groups is 3. The van der Waals surface area contributed by atoms with Crippen LogP contribution in [0.25, 0.3) is 0 Å².